The summed E-state index contributed by atoms with van der Waals surface area (Å²) in [6, 6.07) is 4.65. The third-order valence-corrected chi connectivity index (χ3v) is 4.29. The first-order valence-electron chi connectivity index (χ1n) is 7.54. The number of pyridine rings is 1. The molecule has 2 saturated heterocycles. The summed E-state index contributed by atoms with van der Waals surface area (Å²) in [7, 11) is 0. The minimum absolute atomic E-state index is 0.159. The van der Waals surface area contributed by atoms with Gasteiger partial charge in [0.15, 0.2) is 0 Å². The van der Waals surface area contributed by atoms with Gasteiger partial charge in [-0.15, -0.1) is 0 Å². The summed E-state index contributed by atoms with van der Waals surface area (Å²) in [5, 5.41) is 9.88. The number of nitrogens with two attached hydrogens (primary N) is 1. The Morgan fingerprint density at radius 3 is 2.70 bits per heavy atom. The SMILES string of the molecule is CCCOc1nc(N2C3CCC2CC(O)C3)ccc1N. The molecule has 2 aliphatic heterocycles. The fraction of sp³-hybridized carbons (Fsp3) is 0.667. The minimum Gasteiger partial charge on any atom is -0.476 e. The molecule has 3 rings (SSSR count). The van der Waals surface area contributed by atoms with Crippen LogP contribution in [-0.2, 0) is 0 Å². The Morgan fingerprint density at radius 2 is 2.05 bits per heavy atom. The van der Waals surface area contributed by atoms with Crippen LogP contribution in [0.5, 0.6) is 5.88 Å². The Kier molecular flexibility index (Phi) is 3.70. The Hall–Kier alpha value is -1.49. The molecule has 1 aromatic heterocycles. The van der Waals surface area contributed by atoms with Gasteiger partial charge in [0.2, 0.25) is 5.88 Å². The fourth-order valence-electron chi connectivity index (χ4n) is 3.42. The van der Waals surface area contributed by atoms with Crippen LogP contribution in [0.4, 0.5) is 11.5 Å². The molecule has 2 unspecified atom stereocenters. The van der Waals surface area contributed by atoms with E-state index in [4.69, 9.17) is 10.5 Å². The predicted molar refractivity (Wildman–Crippen MR) is 79.0 cm³/mol. The number of anilines is 2. The van der Waals surface area contributed by atoms with Gasteiger partial charge in [-0.05, 0) is 44.2 Å². The Bertz CT molecular complexity index is 466. The van der Waals surface area contributed by atoms with Crippen LogP contribution in [0.1, 0.15) is 39.0 Å². The number of piperidine rings is 1. The van der Waals surface area contributed by atoms with E-state index in [2.05, 4.69) is 16.8 Å². The largest absolute Gasteiger partial charge is 0.476 e. The molecule has 3 heterocycles. The minimum atomic E-state index is -0.159. The Morgan fingerprint density at radius 1 is 1.35 bits per heavy atom. The zero-order valence-electron chi connectivity index (χ0n) is 12.0. The third kappa shape index (κ3) is 2.42. The summed E-state index contributed by atoms with van der Waals surface area (Å²) in [6.07, 6.45) is 4.74. The topological polar surface area (TPSA) is 71.6 Å². The number of nitrogen functional groups attached to an aromatic ring is 1. The van der Waals surface area contributed by atoms with Gasteiger partial charge in [-0.3, -0.25) is 0 Å². The highest BCUT2D eigenvalue weighted by molar-refractivity contribution is 5.56. The van der Waals surface area contributed by atoms with Crippen molar-refractivity contribution < 1.29 is 9.84 Å². The molecule has 0 aromatic carbocycles. The van der Waals surface area contributed by atoms with E-state index in [0.717, 1.165) is 37.9 Å². The van der Waals surface area contributed by atoms with Crippen molar-refractivity contribution in [1.29, 1.82) is 0 Å². The number of ether oxygens (including phenoxy) is 1. The lowest BCUT2D eigenvalue weighted by Gasteiger charge is -2.38. The monoisotopic (exact) mass is 277 g/mol. The van der Waals surface area contributed by atoms with E-state index in [-0.39, 0.29) is 6.10 Å². The van der Waals surface area contributed by atoms with Crippen molar-refractivity contribution in [2.24, 2.45) is 0 Å². The molecule has 3 N–H and O–H groups in total. The van der Waals surface area contributed by atoms with Gasteiger partial charge in [0, 0.05) is 12.1 Å². The van der Waals surface area contributed by atoms with E-state index < -0.39 is 0 Å². The summed E-state index contributed by atoms with van der Waals surface area (Å²) in [5.41, 5.74) is 6.51. The highest BCUT2D eigenvalue weighted by Gasteiger charge is 2.40. The second-order valence-corrected chi connectivity index (χ2v) is 5.83. The lowest BCUT2D eigenvalue weighted by molar-refractivity contribution is 0.126. The number of aliphatic hydroxyl groups is 1. The first-order chi connectivity index (χ1) is 9.69. The number of aliphatic hydroxyl groups excluding tert-OH is 1. The lowest BCUT2D eigenvalue weighted by Crippen LogP contribution is -2.45. The van der Waals surface area contributed by atoms with Gasteiger partial charge in [0.05, 0.1) is 18.4 Å². The van der Waals surface area contributed by atoms with Crippen molar-refractivity contribution >= 4 is 11.5 Å². The Labute approximate surface area is 119 Å². The van der Waals surface area contributed by atoms with Crippen molar-refractivity contribution in [3.05, 3.63) is 12.1 Å². The number of hydrogen-bond acceptors (Lipinski definition) is 5. The van der Waals surface area contributed by atoms with E-state index in [1.807, 2.05) is 12.1 Å². The van der Waals surface area contributed by atoms with E-state index in [1.54, 1.807) is 0 Å². The van der Waals surface area contributed by atoms with E-state index in [9.17, 15) is 5.11 Å². The van der Waals surface area contributed by atoms with Gasteiger partial charge in [-0.25, -0.2) is 0 Å². The van der Waals surface area contributed by atoms with Gasteiger partial charge in [0.25, 0.3) is 0 Å². The second-order valence-electron chi connectivity index (χ2n) is 5.83. The smallest absolute Gasteiger partial charge is 0.239 e. The molecule has 1 aromatic rings. The quantitative estimate of drug-likeness (QED) is 0.880. The van der Waals surface area contributed by atoms with Gasteiger partial charge in [0.1, 0.15) is 5.82 Å². The van der Waals surface area contributed by atoms with E-state index >= 15 is 0 Å². The standard InChI is InChI=1S/C15H23N3O2/c1-2-7-20-15-13(16)5-6-14(17-15)18-10-3-4-11(18)9-12(19)8-10/h5-6,10-12,19H,2-4,7-9,16H2,1H3. The maximum atomic E-state index is 9.88. The first kappa shape index (κ1) is 13.5. The summed E-state index contributed by atoms with van der Waals surface area (Å²) in [4.78, 5) is 6.95. The highest BCUT2D eigenvalue weighted by atomic mass is 16.5. The molecule has 20 heavy (non-hydrogen) atoms. The molecule has 2 aliphatic rings. The van der Waals surface area contributed by atoms with Crippen LogP contribution in [0.3, 0.4) is 0 Å². The second kappa shape index (κ2) is 5.48. The molecule has 0 saturated carbocycles. The van der Waals surface area contributed by atoms with Crippen LogP contribution in [0.2, 0.25) is 0 Å². The van der Waals surface area contributed by atoms with Crippen molar-refractivity contribution in [3.63, 3.8) is 0 Å². The summed E-state index contributed by atoms with van der Waals surface area (Å²) < 4.78 is 5.62. The predicted octanol–water partition coefficient (Wildman–Crippen LogP) is 1.94. The number of fused-ring (bicyclic) bond motifs is 2. The van der Waals surface area contributed by atoms with E-state index in [0.29, 0.717) is 30.3 Å². The first-order valence-corrected chi connectivity index (χ1v) is 7.54. The zero-order valence-corrected chi connectivity index (χ0v) is 12.0. The van der Waals surface area contributed by atoms with Crippen molar-refractivity contribution in [2.45, 2.75) is 57.2 Å². The number of rotatable bonds is 4. The average Bonchev–Trinajstić information content (AvgIpc) is 2.70. The molecule has 5 nitrogen and oxygen atoms in total. The number of hydrogen-bond donors (Lipinski definition) is 2. The number of nitrogens with zero attached hydrogens (tertiary/aromatic N) is 2. The summed E-state index contributed by atoms with van der Waals surface area (Å²) >= 11 is 0. The molecule has 2 fully saturated rings. The van der Waals surface area contributed by atoms with Crippen LogP contribution in [-0.4, -0.2) is 34.9 Å². The van der Waals surface area contributed by atoms with Gasteiger partial charge < -0.3 is 20.5 Å². The normalized spacial score (nSPS) is 28.7. The van der Waals surface area contributed by atoms with Gasteiger partial charge >= 0.3 is 0 Å². The van der Waals surface area contributed by atoms with Crippen molar-refractivity contribution in [1.82, 2.24) is 4.98 Å². The molecule has 2 bridgehead atoms. The van der Waals surface area contributed by atoms with Gasteiger partial charge in [-0.2, -0.15) is 4.98 Å². The molecule has 0 amide bonds. The number of aromatic nitrogens is 1. The molecule has 0 radical (unpaired) electrons. The average molecular weight is 277 g/mol. The van der Waals surface area contributed by atoms with Crippen LogP contribution >= 0.6 is 0 Å². The van der Waals surface area contributed by atoms with Crippen LogP contribution < -0.4 is 15.4 Å². The van der Waals surface area contributed by atoms with Crippen LogP contribution in [0.25, 0.3) is 0 Å². The summed E-state index contributed by atoms with van der Waals surface area (Å²) in [6.45, 7) is 2.69. The molecule has 5 heteroatoms. The fourth-order valence-corrected chi connectivity index (χ4v) is 3.42. The molecule has 0 spiro atoms. The van der Waals surface area contributed by atoms with Crippen molar-refractivity contribution in [3.8, 4) is 5.88 Å². The van der Waals surface area contributed by atoms with E-state index in [1.165, 1.54) is 0 Å². The zero-order chi connectivity index (χ0) is 14.1. The van der Waals surface area contributed by atoms with Crippen molar-refractivity contribution in [2.75, 3.05) is 17.2 Å². The molecular weight excluding hydrogens is 254 g/mol. The third-order valence-electron chi connectivity index (χ3n) is 4.29. The van der Waals surface area contributed by atoms with Crippen LogP contribution in [0.15, 0.2) is 12.1 Å². The summed E-state index contributed by atoms with van der Waals surface area (Å²) in [5.74, 6) is 1.47. The lowest BCUT2D eigenvalue weighted by atomic mass is 10.00. The molecular formula is C15H23N3O2. The maximum Gasteiger partial charge on any atom is 0.239 e. The highest BCUT2D eigenvalue weighted by Crippen LogP contribution is 2.39. The van der Waals surface area contributed by atoms with Crippen LogP contribution in [0, 0.1) is 0 Å². The van der Waals surface area contributed by atoms with Gasteiger partial charge in [-0.1, -0.05) is 6.92 Å². The Balaban J connectivity index is 1.83. The molecule has 0 aliphatic carbocycles. The molecule has 110 valence electrons. The maximum absolute atomic E-state index is 9.88. The molecule has 2 atom stereocenters.